The first kappa shape index (κ1) is 9.97. The summed E-state index contributed by atoms with van der Waals surface area (Å²) in [6, 6.07) is 0. The van der Waals surface area contributed by atoms with Crippen LogP contribution in [0.3, 0.4) is 0 Å². The molecule has 0 heterocycles. The van der Waals surface area contributed by atoms with Crippen molar-refractivity contribution in [1.82, 2.24) is 0 Å². The van der Waals surface area contributed by atoms with Crippen molar-refractivity contribution in [3.63, 3.8) is 0 Å². The lowest BCUT2D eigenvalue weighted by Gasteiger charge is -2.24. The highest BCUT2D eigenvalue weighted by Crippen LogP contribution is 2.29. The predicted octanol–water partition coefficient (Wildman–Crippen LogP) is 3.04. The summed E-state index contributed by atoms with van der Waals surface area (Å²) in [5.74, 6) is 0.590. The number of Topliss-reactive ketones (excluding diaryl/α,β-unsaturated/α-hetero) is 1. The second-order valence-corrected chi connectivity index (χ2v) is 3.33. The van der Waals surface area contributed by atoms with Crippen molar-refractivity contribution in [3.8, 4) is 0 Å². The summed E-state index contributed by atoms with van der Waals surface area (Å²) in [7, 11) is 0. The maximum atomic E-state index is 11.7. The normalized spacial score (nSPS) is 18.7. The number of allylic oxidation sites excluding steroid dienone is 5. The van der Waals surface area contributed by atoms with Crippen LogP contribution >= 0.6 is 0 Å². The van der Waals surface area contributed by atoms with Gasteiger partial charge in [-0.15, -0.1) is 0 Å². The average Bonchev–Trinajstić information content (AvgIpc) is 2.02. The molecule has 0 aromatic rings. The number of hydrogen-bond donors (Lipinski definition) is 0. The van der Waals surface area contributed by atoms with E-state index in [9.17, 15) is 4.79 Å². The fraction of sp³-hybridized carbons (Fsp3) is 0.417. The molecule has 1 fully saturated rings. The first-order valence-corrected chi connectivity index (χ1v) is 4.79. The lowest BCUT2D eigenvalue weighted by atomic mass is 9.79. The van der Waals surface area contributed by atoms with Gasteiger partial charge >= 0.3 is 0 Å². The van der Waals surface area contributed by atoms with Crippen molar-refractivity contribution in [2.24, 2.45) is 5.92 Å². The molecule has 1 nitrogen and oxygen atoms in total. The van der Waals surface area contributed by atoms with Gasteiger partial charge in [-0.25, -0.2) is 0 Å². The van der Waals surface area contributed by atoms with Gasteiger partial charge in [0.05, 0.1) is 0 Å². The van der Waals surface area contributed by atoms with Gasteiger partial charge in [0.25, 0.3) is 0 Å². The molecule has 13 heavy (non-hydrogen) atoms. The average molecular weight is 176 g/mol. The zero-order valence-electron chi connectivity index (χ0n) is 8.12. The fourth-order valence-corrected chi connectivity index (χ4v) is 1.40. The van der Waals surface area contributed by atoms with E-state index < -0.39 is 0 Å². The summed E-state index contributed by atoms with van der Waals surface area (Å²) in [5.41, 5.74) is 0.824. The van der Waals surface area contributed by atoms with Crippen molar-refractivity contribution in [3.05, 3.63) is 36.5 Å². The summed E-state index contributed by atoms with van der Waals surface area (Å²) in [4.78, 5) is 11.7. The van der Waals surface area contributed by atoms with E-state index in [-0.39, 0.29) is 0 Å². The molecule has 1 rings (SSSR count). The second kappa shape index (κ2) is 4.80. The Kier molecular flexibility index (Phi) is 3.69. The van der Waals surface area contributed by atoms with Crippen molar-refractivity contribution in [2.75, 3.05) is 0 Å². The van der Waals surface area contributed by atoms with Gasteiger partial charge in [-0.3, -0.25) is 4.79 Å². The van der Waals surface area contributed by atoms with Gasteiger partial charge in [0.2, 0.25) is 0 Å². The third kappa shape index (κ3) is 2.41. The van der Waals surface area contributed by atoms with Crippen LogP contribution in [-0.4, -0.2) is 5.78 Å². The number of hydrogen-bond acceptors (Lipinski definition) is 1. The fourth-order valence-electron chi connectivity index (χ4n) is 1.40. The number of rotatable bonds is 4. The summed E-state index contributed by atoms with van der Waals surface area (Å²) in [5, 5.41) is 0. The summed E-state index contributed by atoms with van der Waals surface area (Å²) in [6.07, 6.45) is 10.6. The highest BCUT2D eigenvalue weighted by atomic mass is 16.1. The molecule has 0 saturated heterocycles. The van der Waals surface area contributed by atoms with Crippen LogP contribution in [0.5, 0.6) is 0 Å². The van der Waals surface area contributed by atoms with Crippen LogP contribution in [-0.2, 0) is 4.79 Å². The molecule has 0 bridgehead atoms. The van der Waals surface area contributed by atoms with Gasteiger partial charge in [0.15, 0.2) is 5.78 Å². The number of carbonyl (C=O) groups is 1. The Labute approximate surface area is 79.8 Å². The van der Waals surface area contributed by atoms with Crippen molar-refractivity contribution < 1.29 is 4.79 Å². The van der Waals surface area contributed by atoms with Gasteiger partial charge in [-0.05, 0) is 19.8 Å². The second-order valence-electron chi connectivity index (χ2n) is 3.33. The highest BCUT2D eigenvalue weighted by Gasteiger charge is 2.26. The SMILES string of the molecule is C=C/C=C\C(=C/C)C(=O)C1CCC1. The van der Waals surface area contributed by atoms with Crippen LogP contribution < -0.4 is 0 Å². The molecule has 0 spiro atoms. The molecule has 1 heteroatoms. The lowest BCUT2D eigenvalue weighted by Crippen LogP contribution is -2.22. The topological polar surface area (TPSA) is 17.1 Å². The minimum atomic E-state index is 0.292. The van der Waals surface area contributed by atoms with Crippen LogP contribution in [0.25, 0.3) is 0 Å². The largest absolute Gasteiger partial charge is 0.294 e. The molecule has 0 aromatic carbocycles. The van der Waals surface area contributed by atoms with E-state index in [1.54, 1.807) is 6.08 Å². The molecule has 0 amide bonds. The van der Waals surface area contributed by atoms with E-state index in [0.29, 0.717) is 11.7 Å². The van der Waals surface area contributed by atoms with Crippen molar-refractivity contribution in [2.45, 2.75) is 26.2 Å². The number of carbonyl (C=O) groups excluding carboxylic acids is 1. The molecule has 0 aromatic heterocycles. The summed E-state index contributed by atoms with van der Waals surface area (Å²) in [6.45, 7) is 5.48. The number of ketones is 1. The van der Waals surface area contributed by atoms with Crippen LogP contribution in [0.4, 0.5) is 0 Å². The summed E-state index contributed by atoms with van der Waals surface area (Å²) < 4.78 is 0. The van der Waals surface area contributed by atoms with Crippen LogP contribution in [0, 0.1) is 5.92 Å². The van der Waals surface area contributed by atoms with Crippen LogP contribution in [0.15, 0.2) is 36.5 Å². The Morgan fingerprint density at radius 1 is 1.46 bits per heavy atom. The molecule has 1 aliphatic rings. The quantitative estimate of drug-likeness (QED) is 0.475. The summed E-state index contributed by atoms with van der Waals surface area (Å²) >= 11 is 0. The molecular formula is C12H16O. The molecule has 0 unspecified atom stereocenters. The molecule has 0 aliphatic heterocycles. The minimum absolute atomic E-state index is 0.292. The van der Waals surface area contributed by atoms with Crippen molar-refractivity contribution in [1.29, 1.82) is 0 Å². The van der Waals surface area contributed by atoms with E-state index in [1.165, 1.54) is 6.42 Å². The lowest BCUT2D eigenvalue weighted by molar-refractivity contribution is -0.121. The Morgan fingerprint density at radius 3 is 2.54 bits per heavy atom. The maximum absolute atomic E-state index is 11.7. The van der Waals surface area contributed by atoms with Gasteiger partial charge in [0, 0.05) is 11.5 Å². The molecule has 1 saturated carbocycles. The Balaban J connectivity index is 2.60. The molecule has 1 aliphatic carbocycles. The Bertz CT molecular complexity index is 254. The molecule has 70 valence electrons. The van der Waals surface area contributed by atoms with Crippen LogP contribution in [0.1, 0.15) is 26.2 Å². The van der Waals surface area contributed by atoms with Gasteiger partial charge in [-0.1, -0.05) is 37.3 Å². The smallest absolute Gasteiger partial charge is 0.165 e. The van der Waals surface area contributed by atoms with E-state index in [4.69, 9.17) is 0 Å². The van der Waals surface area contributed by atoms with Crippen molar-refractivity contribution >= 4 is 5.78 Å². The van der Waals surface area contributed by atoms with E-state index in [2.05, 4.69) is 6.58 Å². The first-order valence-electron chi connectivity index (χ1n) is 4.79. The van der Waals surface area contributed by atoms with Gasteiger partial charge < -0.3 is 0 Å². The third-order valence-electron chi connectivity index (χ3n) is 2.48. The highest BCUT2D eigenvalue weighted by molar-refractivity contribution is 6.00. The van der Waals surface area contributed by atoms with E-state index in [0.717, 1.165) is 18.4 Å². The standard InChI is InChI=1S/C12H16O/c1-3-5-7-10(4-2)12(13)11-8-6-9-11/h3-5,7,11H,1,6,8-9H2,2H3/b7-5-,10-4+. The third-order valence-corrected chi connectivity index (χ3v) is 2.48. The molecule has 0 N–H and O–H groups in total. The zero-order chi connectivity index (χ0) is 9.68. The maximum Gasteiger partial charge on any atom is 0.165 e. The Hall–Kier alpha value is -1.11. The predicted molar refractivity (Wildman–Crippen MR) is 55.4 cm³/mol. The molecular weight excluding hydrogens is 160 g/mol. The zero-order valence-corrected chi connectivity index (χ0v) is 8.12. The molecule has 0 radical (unpaired) electrons. The van der Waals surface area contributed by atoms with E-state index >= 15 is 0 Å². The minimum Gasteiger partial charge on any atom is -0.294 e. The molecule has 0 atom stereocenters. The Morgan fingerprint density at radius 2 is 2.15 bits per heavy atom. The monoisotopic (exact) mass is 176 g/mol. The first-order chi connectivity index (χ1) is 6.29. The van der Waals surface area contributed by atoms with Gasteiger partial charge in [0.1, 0.15) is 0 Å². The van der Waals surface area contributed by atoms with Gasteiger partial charge in [-0.2, -0.15) is 0 Å². The van der Waals surface area contributed by atoms with Crippen LogP contribution in [0.2, 0.25) is 0 Å². The van der Waals surface area contributed by atoms with E-state index in [1.807, 2.05) is 25.2 Å².